The number of nitrogens with two attached hydrogens (primary N) is 1. The van der Waals surface area contributed by atoms with Gasteiger partial charge in [-0.05, 0) is 42.0 Å². The standard InChI is InChI=1S/C16H13ClN4O3/c17-12-5-1-10(2-6-12)9-19-21-16(24)15(23)20-13-7-3-11(4-8-13)14(18)22/h1-9H,(H2,18,22)(H,20,23)(H,21,24)/b19-9+. The molecule has 2 aromatic rings. The second-order valence-corrected chi connectivity index (χ2v) is 5.08. The zero-order valence-corrected chi connectivity index (χ0v) is 13.1. The van der Waals surface area contributed by atoms with Gasteiger partial charge in [-0.1, -0.05) is 23.7 Å². The third-order valence-electron chi connectivity index (χ3n) is 2.88. The molecule has 24 heavy (non-hydrogen) atoms. The average molecular weight is 345 g/mol. The molecule has 2 aromatic carbocycles. The summed E-state index contributed by atoms with van der Waals surface area (Å²) in [5.74, 6) is -2.41. The number of hydrogen-bond acceptors (Lipinski definition) is 4. The van der Waals surface area contributed by atoms with Crippen LogP contribution in [-0.2, 0) is 9.59 Å². The normalized spacial score (nSPS) is 10.4. The van der Waals surface area contributed by atoms with Crippen molar-refractivity contribution in [2.45, 2.75) is 0 Å². The summed E-state index contributed by atoms with van der Waals surface area (Å²) in [6.45, 7) is 0. The summed E-state index contributed by atoms with van der Waals surface area (Å²) in [5.41, 5.74) is 8.57. The number of carbonyl (C=O) groups is 3. The molecule has 0 saturated heterocycles. The molecular formula is C16H13ClN4O3. The predicted octanol–water partition coefficient (Wildman–Crippen LogP) is 1.53. The van der Waals surface area contributed by atoms with E-state index in [0.717, 1.165) is 0 Å². The van der Waals surface area contributed by atoms with Gasteiger partial charge >= 0.3 is 11.8 Å². The Kier molecular flexibility index (Phi) is 5.64. The second-order valence-electron chi connectivity index (χ2n) is 4.65. The maximum atomic E-state index is 11.7. The summed E-state index contributed by atoms with van der Waals surface area (Å²) < 4.78 is 0. The average Bonchev–Trinajstić information content (AvgIpc) is 2.57. The maximum Gasteiger partial charge on any atom is 0.329 e. The van der Waals surface area contributed by atoms with E-state index in [1.165, 1.54) is 30.5 Å². The van der Waals surface area contributed by atoms with Gasteiger partial charge in [-0.15, -0.1) is 0 Å². The highest BCUT2D eigenvalue weighted by Gasteiger charge is 2.13. The molecule has 7 nitrogen and oxygen atoms in total. The van der Waals surface area contributed by atoms with Crippen molar-refractivity contribution in [1.29, 1.82) is 0 Å². The van der Waals surface area contributed by atoms with Crippen LogP contribution in [0, 0.1) is 0 Å². The number of rotatable bonds is 4. The summed E-state index contributed by atoms with van der Waals surface area (Å²) in [6.07, 6.45) is 1.38. The second kappa shape index (κ2) is 7.89. The van der Waals surface area contributed by atoms with Crippen LogP contribution in [0.4, 0.5) is 5.69 Å². The predicted molar refractivity (Wildman–Crippen MR) is 90.8 cm³/mol. The van der Waals surface area contributed by atoms with E-state index in [2.05, 4.69) is 15.8 Å². The zero-order chi connectivity index (χ0) is 17.5. The summed E-state index contributed by atoms with van der Waals surface area (Å²) >= 11 is 5.75. The molecule has 0 radical (unpaired) electrons. The van der Waals surface area contributed by atoms with Crippen molar-refractivity contribution in [3.8, 4) is 0 Å². The first-order valence-electron chi connectivity index (χ1n) is 6.75. The topological polar surface area (TPSA) is 114 Å². The van der Waals surface area contributed by atoms with E-state index < -0.39 is 17.7 Å². The molecule has 0 unspecified atom stereocenters. The minimum absolute atomic E-state index is 0.296. The van der Waals surface area contributed by atoms with E-state index in [1.54, 1.807) is 24.3 Å². The van der Waals surface area contributed by atoms with E-state index in [0.29, 0.717) is 21.8 Å². The van der Waals surface area contributed by atoms with Crippen LogP contribution in [0.25, 0.3) is 0 Å². The van der Waals surface area contributed by atoms with Gasteiger partial charge < -0.3 is 11.1 Å². The Bertz CT molecular complexity index is 786. The molecule has 0 atom stereocenters. The molecule has 0 heterocycles. The van der Waals surface area contributed by atoms with Crippen molar-refractivity contribution >= 4 is 41.2 Å². The molecule has 0 spiro atoms. The Labute approximate surface area is 142 Å². The minimum Gasteiger partial charge on any atom is -0.366 e. The molecule has 3 amide bonds. The Balaban J connectivity index is 1.88. The van der Waals surface area contributed by atoms with Crippen molar-refractivity contribution in [3.05, 3.63) is 64.7 Å². The number of benzene rings is 2. The molecule has 4 N–H and O–H groups in total. The van der Waals surface area contributed by atoms with Gasteiger partial charge in [0.1, 0.15) is 0 Å². The molecule has 2 rings (SSSR count). The zero-order valence-electron chi connectivity index (χ0n) is 12.3. The van der Waals surface area contributed by atoms with E-state index in [4.69, 9.17) is 17.3 Å². The Morgan fingerprint density at radius 2 is 1.58 bits per heavy atom. The van der Waals surface area contributed by atoms with Gasteiger partial charge in [0, 0.05) is 16.3 Å². The fraction of sp³-hybridized carbons (Fsp3) is 0. The molecule has 122 valence electrons. The number of primary amides is 1. The van der Waals surface area contributed by atoms with E-state index in [-0.39, 0.29) is 0 Å². The third kappa shape index (κ3) is 4.92. The van der Waals surface area contributed by atoms with E-state index >= 15 is 0 Å². The van der Waals surface area contributed by atoms with Crippen LogP contribution in [0.2, 0.25) is 5.02 Å². The Hall–Kier alpha value is -3.19. The lowest BCUT2D eigenvalue weighted by molar-refractivity contribution is -0.136. The highest BCUT2D eigenvalue weighted by Crippen LogP contribution is 2.09. The first-order chi connectivity index (χ1) is 11.5. The molecule has 0 fully saturated rings. The lowest BCUT2D eigenvalue weighted by Gasteiger charge is -2.04. The molecule has 0 bridgehead atoms. The fourth-order valence-electron chi connectivity index (χ4n) is 1.67. The summed E-state index contributed by atoms with van der Waals surface area (Å²) in [6, 6.07) is 12.6. The van der Waals surface area contributed by atoms with Gasteiger partial charge in [0.2, 0.25) is 5.91 Å². The van der Waals surface area contributed by atoms with Crippen molar-refractivity contribution in [2.24, 2.45) is 10.8 Å². The van der Waals surface area contributed by atoms with Crippen LogP contribution in [-0.4, -0.2) is 23.9 Å². The number of hydrogen-bond donors (Lipinski definition) is 3. The molecular weight excluding hydrogens is 332 g/mol. The van der Waals surface area contributed by atoms with Gasteiger partial charge in [0.05, 0.1) is 6.21 Å². The number of nitrogens with one attached hydrogen (secondary N) is 2. The molecule has 0 aliphatic heterocycles. The van der Waals surface area contributed by atoms with Crippen LogP contribution in [0.1, 0.15) is 15.9 Å². The number of anilines is 1. The molecule has 0 saturated carbocycles. The van der Waals surface area contributed by atoms with Crippen molar-refractivity contribution in [3.63, 3.8) is 0 Å². The lowest BCUT2D eigenvalue weighted by Crippen LogP contribution is -2.32. The molecule has 8 heteroatoms. The number of carbonyl (C=O) groups excluding carboxylic acids is 3. The van der Waals surface area contributed by atoms with Crippen LogP contribution in [0.3, 0.4) is 0 Å². The SMILES string of the molecule is NC(=O)c1ccc(NC(=O)C(=O)N/N=C/c2ccc(Cl)cc2)cc1. The first kappa shape index (κ1) is 17.2. The van der Waals surface area contributed by atoms with Crippen LogP contribution in [0.15, 0.2) is 53.6 Å². The first-order valence-corrected chi connectivity index (χ1v) is 7.13. The van der Waals surface area contributed by atoms with Crippen LogP contribution in [0.5, 0.6) is 0 Å². The largest absolute Gasteiger partial charge is 0.366 e. The Morgan fingerprint density at radius 1 is 0.958 bits per heavy atom. The van der Waals surface area contributed by atoms with Crippen molar-refractivity contribution in [1.82, 2.24) is 5.43 Å². The highest BCUT2D eigenvalue weighted by molar-refractivity contribution is 6.39. The number of halogens is 1. The number of amides is 3. The van der Waals surface area contributed by atoms with E-state index in [9.17, 15) is 14.4 Å². The van der Waals surface area contributed by atoms with Crippen LogP contribution >= 0.6 is 11.6 Å². The maximum absolute atomic E-state index is 11.7. The summed E-state index contributed by atoms with van der Waals surface area (Å²) in [7, 11) is 0. The monoisotopic (exact) mass is 344 g/mol. The quantitative estimate of drug-likeness (QED) is 0.444. The van der Waals surface area contributed by atoms with Gasteiger partial charge in [-0.3, -0.25) is 14.4 Å². The minimum atomic E-state index is -0.931. The van der Waals surface area contributed by atoms with Crippen LogP contribution < -0.4 is 16.5 Å². The van der Waals surface area contributed by atoms with E-state index in [1.807, 2.05) is 0 Å². The number of nitrogens with zero attached hydrogens (tertiary/aromatic N) is 1. The van der Waals surface area contributed by atoms with Gasteiger partial charge in [0.25, 0.3) is 0 Å². The van der Waals surface area contributed by atoms with Crippen molar-refractivity contribution < 1.29 is 14.4 Å². The third-order valence-corrected chi connectivity index (χ3v) is 3.14. The molecule has 0 aliphatic carbocycles. The lowest BCUT2D eigenvalue weighted by atomic mass is 10.2. The van der Waals surface area contributed by atoms with Gasteiger partial charge in [-0.25, -0.2) is 5.43 Å². The highest BCUT2D eigenvalue weighted by atomic mass is 35.5. The fourth-order valence-corrected chi connectivity index (χ4v) is 1.80. The smallest absolute Gasteiger partial charge is 0.329 e. The Morgan fingerprint density at radius 3 is 2.17 bits per heavy atom. The molecule has 0 aliphatic rings. The van der Waals surface area contributed by atoms with Gasteiger partial charge in [-0.2, -0.15) is 5.10 Å². The molecule has 0 aromatic heterocycles. The summed E-state index contributed by atoms with van der Waals surface area (Å²) in [4.78, 5) is 34.3. The van der Waals surface area contributed by atoms with Gasteiger partial charge in [0.15, 0.2) is 0 Å². The summed E-state index contributed by atoms with van der Waals surface area (Å²) in [5, 5.41) is 6.63. The van der Waals surface area contributed by atoms with Crippen molar-refractivity contribution in [2.75, 3.05) is 5.32 Å². The number of hydrazone groups is 1.